The standard InChI is InChI=1S/C12H15O2/c1-3-4-9-14-10-11-5-7-12(13-2)8-6-11/h4-9H,1,3,10H2,2H3. The Labute approximate surface area is 85.2 Å². The zero-order valence-corrected chi connectivity index (χ0v) is 8.40. The Balaban J connectivity index is 2.40. The van der Waals surface area contributed by atoms with Crippen LogP contribution in [-0.2, 0) is 11.3 Å². The minimum absolute atomic E-state index is 0.584. The number of ether oxygens (including phenoxy) is 2. The van der Waals surface area contributed by atoms with Crippen molar-refractivity contribution in [2.75, 3.05) is 7.11 Å². The highest BCUT2D eigenvalue weighted by molar-refractivity contribution is 5.26. The van der Waals surface area contributed by atoms with E-state index in [2.05, 4.69) is 6.92 Å². The summed E-state index contributed by atoms with van der Waals surface area (Å²) in [6.45, 7) is 4.25. The van der Waals surface area contributed by atoms with Gasteiger partial charge in [-0.25, -0.2) is 0 Å². The Morgan fingerprint density at radius 2 is 2.00 bits per heavy atom. The van der Waals surface area contributed by atoms with Crippen molar-refractivity contribution < 1.29 is 9.47 Å². The second kappa shape index (κ2) is 6.08. The Morgan fingerprint density at radius 1 is 1.29 bits per heavy atom. The van der Waals surface area contributed by atoms with E-state index in [0.717, 1.165) is 17.7 Å². The van der Waals surface area contributed by atoms with Gasteiger partial charge in [0.25, 0.3) is 0 Å². The summed E-state index contributed by atoms with van der Waals surface area (Å²) in [4.78, 5) is 0. The third kappa shape index (κ3) is 3.52. The molecule has 0 aromatic heterocycles. The van der Waals surface area contributed by atoms with E-state index in [1.165, 1.54) is 0 Å². The highest BCUT2D eigenvalue weighted by atomic mass is 16.5. The molecule has 0 saturated heterocycles. The lowest BCUT2D eigenvalue weighted by molar-refractivity contribution is 0.235. The molecule has 1 radical (unpaired) electrons. The van der Waals surface area contributed by atoms with E-state index in [-0.39, 0.29) is 0 Å². The molecule has 0 fully saturated rings. The van der Waals surface area contributed by atoms with E-state index >= 15 is 0 Å². The van der Waals surface area contributed by atoms with Crippen molar-refractivity contribution in [1.29, 1.82) is 0 Å². The van der Waals surface area contributed by atoms with Gasteiger partial charge < -0.3 is 9.47 Å². The molecule has 0 heterocycles. The number of rotatable bonds is 5. The quantitative estimate of drug-likeness (QED) is 0.666. The summed E-state index contributed by atoms with van der Waals surface area (Å²) in [5, 5.41) is 0. The van der Waals surface area contributed by atoms with Gasteiger partial charge in [-0.15, -0.1) is 0 Å². The van der Waals surface area contributed by atoms with Crippen LogP contribution in [0.25, 0.3) is 0 Å². The number of methoxy groups -OCH3 is 1. The molecule has 0 aliphatic rings. The first-order valence-corrected chi connectivity index (χ1v) is 4.55. The minimum Gasteiger partial charge on any atom is -0.497 e. The lowest BCUT2D eigenvalue weighted by Crippen LogP contribution is -1.87. The molecule has 1 rings (SSSR count). The molecule has 1 aromatic rings. The average Bonchev–Trinajstić information content (AvgIpc) is 2.25. The lowest BCUT2D eigenvalue weighted by atomic mass is 10.2. The summed E-state index contributed by atoms with van der Waals surface area (Å²) >= 11 is 0. The number of allylic oxidation sites excluding steroid dienone is 1. The lowest BCUT2D eigenvalue weighted by Gasteiger charge is -2.02. The predicted molar refractivity (Wildman–Crippen MR) is 56.9 cm³/mol. The van der Waals surface area contributed by atoms with Crippen LogP contribution in [0.1, 0.15) is 12.0 Å². The average molecular weight is 191 g/mol. The third-order valence-electron chi connectivity index (χ3n) is 1.77. The molecule has 75 valence electrons. The van der Waals surface area contributed by atoms with Crippen LogP contribution in [-0.4, -0.2) is 7.11 Å². The molecular weight excluding hydrogens is 176 g/mol. The Hall–Kier alpha value is -1.44. The molecule has 0 bridgehead atoms. The molecular formula is C12H15O2. The maximum Gasteiger partial charge on any atom is 0.118 e. The SMILES string of the molecule is [CH2]CC=COCc1ccc(OC)cc1. The smallest absolute Gasteiger partial charge is 0.118 e. The maximum absolute atomic E-state index is 5.27. The Kier molecular flexibility index (Phi) is 4.62. The zero-order valence-electron chi connectivity index (χ0n) is 8.40. The predicted octanol–water partition coefficient (Wildman–Crippen LogP) is 2.95. The van der Waals surface area contributed by atoms with Crippen molar-refractivity contribution in [2.45, 2.75) is 13.0 Å². The van der Waals surface area contributed by atoms with Crippen LogP contribution in [0.4, 0.5) is 0 Å². The van der Waals surface area contributed by atoms with Crippen molar-refractivity contribution in [1.82, 2.24) is 0 Å². The highest BCUT2D eigenvalue weighted by Crippen LogP contribution is 2.11. The van der Waals surface area contributed by atoms with Gasteiger partial charge >= 0.3 is 0 Å². The summed E-state index contributed by atoms with van der Waals surface area (Å²) in [6.07, 6.45) is 4.31. The van der Waals surface area contributed by atoms with Crippen molar-refractivity contribution in [3.8, 4) is 5.75 Å². The van der Waals surface area contributed by atoms with Crippen LogP contribution < -0.4 is 4.74 Å². The normalized spacial score (nSPS) is 10.4. The van der Waals surface area contributed by atoms with Crippen molar-refractivity contribution in [3.05, 3.63) is 49.1 Å². The van der Waals surface area contributed by atoms with E-state index < -0.39 is 0 Å². The second-order valence-corrected chi connectivity index (χ2v) is 2.82. The first-order chi connectivity index (χ1) is 6.86. The molecule has 0 spiro atoms. The molecule has 0 N–H and O–H groups in total. The maximum atomic E-state index is 5.27. The van der Waals surface area contributed by atoms with E-state index in [9.17, 15) is 0 Å². The molecule has 2 heteroatoms. The number of hydrogen-bond donors (Lipinski definition) is 0. The van der Waals surface area contributed by atoms with Gasteiger partial charge in [-0.2, -0.15) is 0 Å². The Morgan fingerprint density at radius 3 is 2.57 bits per heavy atom. The van der Waals surface area contributed by atoms with Crippen molar-refractivity contribution in [2.24, 2.45) is 0 Å². The first kappa shape index (κ1) is 10.6. The van der Waals surface area contributed by atoms with Gasteiger partial charge in [-0.05, 0) is 37.1 Å². The van der Waals surface area contributed by atoms with Crippen LogP contribution in [0.3, 0.4) is 0 Å². The summed E-state index contributed by atoms with van der Waals surface area (Å²) in [7, 11) is 1.66. The minimum atomic E-state index is 0.584. The molecule has 14 heavy (non-hydrogen) atoms. The molecule has 0 aliphatic heterocycles. The van der Waals surface area contributed by atoms with Crippen LogP contribution in [0.2, 0.25) is 0 Å². The first-order valence-electron chi connectivity index (χ1n) is 4.55. The van der Waals surface area contributed by atoms with Gasteiger partial charge in [0.2, 0.25) is 0 Å². The van der Waals surface area contributed by atoms with Crippen LogP contribution in [0.5, 0.6) is 5.75 Å². The fourth-order valence-electron chi connectivity index (χ4n) is 1.00. The highest BCUT2D eigenvalue weighted by Gasteiger charge is 1.92. The van der Waals surface area contributed by atoms with Gasteiger partial charge in [-0.1, -0.05) is 12.1 Å². The van der Waals surface area contributed by atoms with Crippen LogP contribution in [0, 0.1) is 6.92 Å². The topological polar surface area (TPSA) is 18.5 Å². The van der Waals surface area contributed by atoms with Crippen molar-refractivity contribution >= 4 is 0 Å². The molecule has 2 nitrogen and oxygen atoms in total. The molecule has 0 unspecified atom stereocenters. The fourth-order valence-corrected chi connectivity index (χ4v) is 1.00. The molecule has 0 aliphatic carbocycles. The molecule has 0 saturated carbocycles. The molecule has 0 atom stereocenters. The van der Waals surface area contributed by atoms with Gasteiger partial charge in [0.05, 0.1) is 13.4 Å². The molecule has 1 aromatic carbocycles. The van der Waals surface area contributed by atoms with Gasteiger partial charge in [0.15, 0.2) is 0 Å². The summed E-state index contributed by atoms with van der Waals surface area (Å²) in [5.41, 5.74) is 1.12. The fraction of sp³-hybridized carbons (Fsp3) is 0.250. The van der Waals surface area contributed by atoms with E-state index in [1.54, 1.807) is 13.4 Å². The Bertz CT molecular complexity index is 275. The second-order valence-electron chi connectivity index (χ2n) is 2.82. The van der Waals surface area contributed by atoms with E-state index in [0.29, 0.717) is 6.61 Å². The molecule has 0 amide bonds. The van der Waals surface area contributed by atoms with Crippen LogP contribution >= 0.6 is 0 Å². The third-order valence-corrected chi connectivity index (χ3v) is 1.77. The zero-order chi connectivity index (χ0) is 10.2. The van der Waals surface area contributed by atoms with E-state index in [1.807, 2.05) is 30.3 Å². The van der Waals surface area contributed by atoms with Gasteiger partial charge in [0, 0.05) is 0 Å². The van der Waals surface area contributed by atoms with Gasteiger partial charge in [0.1, 0.15) is 12.4 Å². The van der Waals surface area contributed by atoms with Gasteiger partial charge in [-0.3, -0.25) is 0 Å². The summed E-state index contributed by atoms with van der Waals surface area (Å²) in [5.74, 6) is 0.863. The monoisotopic (exact) mass is 191 g/mol. The summed E-state index contributed by atoms with van der Waals surface area (Å²) in [6, 6.07) is 7.81. The number of hydrogen-bond acceptors (Lipinski definition) is 2. The van der Waals surface area contributed by atoms with E-state index in [4.69, 9.17) is 9.47 Å². The van der Waals surface area contributed by atoms with Crippen molar-refractivity contribution in [3.63, 3.8) is 0 Å². The van der Waals surface area contributed by atoms with Crippen LogP contribution in [0.15, 0.2) is 36.6 Å². The largest absolute Gasteiger partial charge is 0.497 e. The number of benzene rings is 1. The summed E-state index contributed by atoms with van der Waals surface area (Å²) < 4.78 is 10.3.